The maximum absolute atomic E-state index is 11.7. The SMILES string of the molecule is CC(C)C(CNC(=O)OC(C)(C)C)(CC1CC1)C(=O)O. The van der Waals surface area contributed by atoms with E-state index in [1.165, 1.54) is 0 Å². The first-order valence-electron chi connectivity index (χ1n) is 7.27. The zero-order valence-corrected chi connectivity index (χ0v) is 13.2. The second-order valence-electron chi connectivity index (χ2n) is 7.12. The largest absolute Gasteiger partial charge is 0.481 e. The van der Waals surface area contributed by atoms with Gasteiger partial charge in [-0.3, -0.25) is 4.79 Å². The molecule has 1 unspecified atom stereocenters. The summed E-state index contributed by atoms with van der Waals surface area (Å²) < 4.78 is 5.17. The van der Waals surface area contributed by atoms with Crippen LogP contribution in [0.3, 0.4) is 0 Å². The van der Waals surface area contributed by atoms with Crippen LogP contribution in [0.2, 0.25) is 0 Å². The minimum absolute atomic E-state index is 0.0458. The van der Waals surface area contributed by atoms with Crippen LogP contribution in [0, 0.1) is 17.3 Å². The predicted octanol–water partition coefficient (Wildman–Crippen LogP) is 3.04. The van der Waals surface area contributed by atoms with Crippen LogP contribution in [0.15, 0.2) is 0 Å². The number of rotatable bonds is 6. The van der Waals surface area contributed by atoms with Crippen LogP contribution in [-0.2, 0) is 9.53 Å². The second-order valence-corrected chi connectivity index (χ2v) is 7.12. The molecule has 20 heavy (non-hydrogen) atoms. The summed E-state index contributed by atoms with van der Waals surface area (Å²) in [5.74, 6) is -0.403. The number of amides is 1. The van der Waals surface area contributed by atoms with Gasteiger partial charge < -0.3 is 15.2 Å². The highest BCUT2D eigenvalue weighted by atomic mass is 16.6. The van der Waals surface area contributed by atoms with E-state index in [-0.39, 0.29) is 12.5 Å². The quantitative estimate of drug-likeness (QED) is 0.786. The number of hydrogen-bond donors (Lipinski definition) is 2. The maximum atomic E-state index is 11.7. The van der Waals surface area contributed by atoms with Gasteiger partial charge in [0.05, 0.1) is 5.41 Å². The fourth-order valence-corrected chi connectivity index (χ4v) is 2.30. The summed E-state index contributed by atoms with van der Waals surface area (Å²) in [6.07, 6.45) is 2.25. The van der Waals surface area contributed by atoms with Gasteiger partial charge in [-0.2, -0.15) is 0 Å². The minimum Gasteiger partial charge on any atom is -0.481 e. The molecule has 0 bridgehead atoms. The monoisotopic (exact) mass is 285 g/mol. The van der Waals surface area contributed by atoms with E-state index in [0.717, 1.165) is 12.8 Å². The topological polar surface area (TPSA) is 75.6 Å². The van der Waals surface area contributed by atoms with Gasteiger partial charge >= 0.3 is 12.1 Å². The Hall–Kier alpha value is -1.26. The van der Waals surface area contributed by atoms with Crippen LogP contribution in [0.1, 0.15) is 53.9 Å². The lowest BCUT2D eigenvalue weighted by Gasteiger charge is -2.34. The number of carboxylic acid groups (broad SMARTS) is 1. The molecule has 0 aromatic heterocycles. The van der Waals surface area contributed by atoms with Crippen LogP contribution in [0.25, 0.3) is 0 Å². The third-order valence-electron chi connectivity index (χ3n) is 3.83. The highest BCUT2D eigenvalue weighted by molar-refractivity contribution is 5.77. The third-order valence-corrected chi connectivity index (χ3v) is 3.83. The summed E-state index contributed by atoms with van der Waals surface area (Å²) in [7, 11) is 0. The standard InChI is InChI=1S/C15H27NO4/c1-10(2)15(12(17)18,8-11-6-7-11)9-16-13(19)20-14(3,4)5/h10-11H,6-9H2,1-5H3,(H,16,19)(H,17,18). The Kier molecular flexibility index (Phi) is 5.05. The van der Waals surface area contributed by atoms with E-state index in [4.69, 9.17) is 4.74 Å². The lowest BCUT2D eigenvalue weighted by molar-refractivity contribution is -0.152. The molecule has 0 aliphatic heterocycles. The Labute approximate surface area is 121 Å². The summed E-state index contributed by atoms with van der Waals surface area (Å²) >= 11 is 0. The number of nitrogens with one attached hydrogen (secondary N) is 1. The molecule has 0 aromatic carbocycles. The first kappa shape index (κ1) is 16.8. The number of carbonyl (C=O) groups is 2. The molecular weight excluding hydrogens is 258 g/mol. The van der Waals surface area contributed by atoms with E-state index in [2.05, 4.69) is 5.32 Å². The summed E-state index contributed by atoms with van der Waals surface area (Å²) in [6.45, 7) is 9.25. The fourth-order valence-electron chi connectivity index (χ4n) is 2.30. The lowest BCUT2D eigenvalue weighted by Crippen LogP contribution is -2.48. The molecule has 1 amide bonds. The first-order chi connectivity index (χ1) is 9.07. The van der Waals surface area contributed by atoms with Gasteiger partial charge in [-0.15, -0.1) is 0 Å². The number of carboxylic acids is 1. The van der Waals surface area contributed by atoms with Gasteiger partial charge in [0, 0.05) is 6.54 Å². The molecular formula is C15H27NO4. The third kappa shape index (κ3) is 4.69. The fraction of sp³-hybridized carbons (Fsp3) is 0.867. The highest BCUT2D eigenvalue weighted by Crippen LogP contribution is 2.44. The molecule has 1 aliphatic rings. The summed E-state index contributed by atoms with van der Waals surface area (Å²) in [6, 6.07) is 0. The zero-order valence-electron chi connectivity index (χ0n) is 13.2. The molecule has 0 saturated heterocycles. The number of hydrogen-bond acceptors (Lipinski definition) is 3. The molecule has 0 aromatic rings. The van der Waals surface area contributed by atoms with Crippen molar-refractivity contribution in [2.45, 2.75) is 59.5 Å². The van der Waals surface area contributed by atoms with Gasteiger partial charge in [0.15, 0.2) is 0 Å². The number of alkyl carbamates (subject to hydrolysis) is 1. The first-order valence-corrected chi connectivity index (χ1v) is 7.27. The molecule has 1 atom stereocenters. The molecule has 0 heterocycles. The molecule has 2 N–H and O–H groups in total. The van der Waals surface area contributed by atoms with Crippen molar-refractivity contribution in [2.24, 2.45) is 17.3 Å². The molecule has 1 fully saturated rings. The van der Waals surface area contributed by atoms with Gasteiger partial charge in [0.2, 0.25) is 0 Å². The predicted molar refractivity (Wildman–Crippen MR) is 76.5 cm³/mol. The highest BCUT2D eigenvalue weighted by Gasteiger charge is 2.46. The Bertz CT molecular complexity index is 369. The van der Waals surface area contributed by atoms with Crippen molar-refractivity contribution in [3.8, 4) is 0 Å². The second kappa shape index (κ2) is 6.02. The summed E-state index contributed by atoms with van der Waals surface area (Å²) in [4.78, 5) is 23.5. The lowest BCUT2D eigenvalue weighted by atomic mass is 9.73. The average Bonchev–Trinajstić information content (AvgIpc) is 3.04. The van der Waals surface area contributed by atoms with Gasteiger partial charge in [-0.1, -0.05) is 26.7 Å². The van der Waals surface area contributed by atoms with Crippen LogP contribution in [0.5, 0.6) is 0 Å². The molecule has 5 heteroatoms. The maximum Gasteiger partial charge on any atom is 0.407 e. The average molecular weight is 285 g/mol. The van der Waals surface area contributed by atoms with Crippen LogP contribution < -0.4 is 5.32 Å². The van der Waals surface area contributed by atoms with Crippen molar-refractivity contribution in [3.63, 3.8) is 0 Å². The Balaban J connectivity index is 2.69. The minimum atomic E-state index is -0.905. The van der Waals surface area contributed by atoms with Gasteiger partial charge in [0.1, 0.15) is 5.60 Å². The number of aliphatic carboxylic acids is 1. The van der Waals surface area contributed by atoms with E-state index in [1.54, 1.807) is 20.8 Å². The van der Waals surface area contributed by atoms with E-state index in [9.17, 15) is 14.7 Å². The molecule has 0 spiro atoms. The van der Waals surface area contributed by atoms with E-state index in [1.807, 2.05) is 13.8 Å². The summed E-state index contributed by atoms with van der Waals surface area (Å²) in [5.41, 5.74) is -1.48. The van der Waals surface area contributed by atoms with Crippen molar-refractivity contribution >= 4 is 12.1 Å². The summed E-state index contributed by atoms with van der Waals surface area (Å²) in [5, 5.41) is 12.3. The van der Waals surface area contributed by atoms with Gasteiger partial charge in [-0.25, -0.2) is 4.79 Å². The van der Waals surface area contributed by atoms with E-state index < -0.39 is 23.1 Å². The number of carbonyl (C=O) groups excluding carboxylic acids is 1. The molecule has 1 saturated carbocycles. The van der Waals surface area contributed by atoms with Crippen LogP contribution in [-0.4, -0.2) is 29.3 Å². The molecule has 5 nitrogen and oxygen atoms in total. The van der Waals surface area contributed by atoms with Crippen molar-refractivity contribution in [1.82, 2.24) is 5.32 Å². The van der Waals surface area contributed by atoms with Crippen molar-refractivity contribution in [3.05, 3.63) is 0 Å². The van der Waals surface area contributed by atoms with Gasteiger partial charge in [0.25, 0.3) is 0 Å². The molecule has 116 valence electrons. The van der Waals surface area contributed by atoms with Crippen molar-refractivity contribution in [1.29, 1.82) is 0 Å². The normalized spacial score (nSPS) is 18.5. The number of ether oxygens (including phenoxy) is 1. The smallest absolute Gasteiger partial charge is 0.407 e. The van der Waals surface area contributed by atoms with E-state index >= 15 is 0 Å². The Morgan fingerprint density at radius 3 is 2.20 bits per heavy atom. The molecule has 0 radical (unpaired) electrons. The van der Waals surface area contributed by atoms with Crippen LogP contribution in [0.4, 0.5) is 4.79 Å². The molecule has 1 aliphatic carbocycles. The van der Waals surface area contributed by atoms with Gasteiger partial charge in [-0.05, 0) is 39.0 Å². The van der Waals surface area contributed by atoms with Crippen LogP contribution >= 0.6 is 0 Å². The van der Waals surface area contributed by atoms with Crippen molar-refractivity contribution < 1.29 is 19.4 Å². The Morgan fingerprint density at radius 1 is 1.30 bits per heavy atom. The van der Waals surface area contributed by atoms with E-state index in [0.29, 0.717) is 12.3 Å². The Morgan fingerprint density at radius 2 is 1.85 bits per heavy atom. The zero-order chi connectivity index (χ0) is 15.6. The molecule has 1 rings (SSSR count). The van der Waals surface area contributed by atoms with Crippen molar-refractivity contribution in [2.75, 3.05) is 6.54 Å².